The molecule has 2 aliphatic rings. The van der Waals surface area contributed by atoms with E-state index in [1.54, 1.807) is 0 Å². The number of fused-ring (bicyclic) bond motifs is 1. The first kappa shape index (κ1) is 10.6. The Labute approximate surface area is 84.2 Å². The van der Waals surface area contributed by atoms with Crippen LogP contribution in [0, 0.1) is 11.8 Å². The molecule has 0 aromatic carbocycles. The van der Waals surface area contributed by atoms with Gasteiger partial charge in [-0.25, -0.2) is 0 Å². The van der Waals surface area contributed by atoms with Gasteiger partial charge in [0.15, 0.2) is 0 Å². The van der Waals surface area contributed by atoms with Crippen LogP contribution >= 0.6 is 7.60 Å². The van der Waals surface area contributed by atoms with Crippen LogP contribution < -0.4 is 5.32 Å². The molecule has 1 aliphatic heterocycles. The molecular weight excluding hydrogens is 201 g/mol. The van der Waals surface area contributed by atoms with Gasteiger partial charge in [0, 0.05) is 0 Å². The van der Waals surface area contributed by atoms with Gasteiger partial charge in [0.2, 0.25) is 0 Å². The first-order valence-corrected chi connectivity index (χ1v) is 7.06. The van der Waals surface area contributed by atoms with E-state index >= 15 is 0 Å². The quantitative estimate of drug-likeness (QED) is 0.581. The Bertz CT molecular complexity index is 250. The molecule has 1 aliphatic carbocycles. The van der Waals surface area contributed by atoms with Crippen LogP contribution in [0.1, 0.15) is 32.1 Å². The molecule has 1 heterocycles. The zero-order valence-electron chi connectivity index (χ0n) is 8.22. The summed E-state index contributed by atoms with van der Waals surface area (Å²) in [6.45, 7) is 0.761. The van der Waals surface area contributed by atoms with E-state index in [9.17, 15) is 14.4 Å². The fraction of sp³-hybridized carbons (Fsp3) is 1.00. The van der Waals surface area contributed by atoms with E-state index in [1.807, 2.05) is 0 Å². The second kappa shape index (κ2) is 3.93. The van der Waals surface area contributed by atoms with Gasteiger partial charge in [0.25, 0.3) is 0 Å². The SMILES string of the molecule is O=P(O)(O)C1NCCC2CCCCC21. The van der Waals surface area contributed by atoms with Gasteiger partial charge in [-0.15, -0.1) is 0 Å². The Morgan fingerprint density at radius 1 is 1.14 bits per heavy atom. The Kier molecular flexibility index (Phi) is 2.98. The van der Waals surface area contributed by atoms with Crippen molar-refractivity contribution in [3.8, 4) is 0 Å². The summed E-state index contributed by atoms with van der Waals surface area (Å²) in [5, 5.41) is 3.00. The van der Waals surface area contributed by atoms with Crippen LogP contribution in [0.3, 0.4) is 0 Å². The highest BCUT2D eigenvalue weighted by Gasteiger charge is 2.43. The number of hydrogen-bond donors (Lipinski definition) is 3. The average molecular weight is 219 g/mol. The number of nitrogens with one attached hydrogen (secondary N) is 1. The molecule has 1 saturated carbocycles. The predicted molar refractivity (Wildman–Crippen MR) is 53.9 cm³/mol. The lowest BCUT2D eigenvalue weighted by molar-refractivity contribution is 0.151. The topological polar surface area (TPSA) is 69.6 Å². The van der Waals surface area contributed by atoms with E-state index in [-0.39, 0.29) is 5.92 Å². The zero-order valence-corrected chi connectivity index (χ0v) is 9.12. The first-order chi connectivity index (χ1) is 6.59. The van der Waals surface area contributed by atoms with Gasteiger partial charge in [-0.1, -0.05) is 19.3 Å². The lowest BCUT2D eigenvalue weighted by Gasteiger charge is -2.41. The molecule has 14 heavy (non-hydrogen) atoms. The molecule has 0 amide bonds. The molecule has 2 fully saturated rings. The zero-order chi connectivity index (χ0) is 10.2. The van der Waals surface area contributed by atoms with Crippen LogP contribution in [0.25, 0.3) is 0 Å². The Morgan fingerprint density at radius 3 is 2.57 bits per heavy atom. The minimum atomic E-state index is -3.94. The number of hydrogen-bond acceptors (Lipinski definition) is 2. The second-order valence-corrected chi connectivity index (χ2v) is 6.22. The lowest BCUT2D eigenvalue weighted by Crippen LogP contribution is -2.46. The van der Waals surface area contributed by atoms with E-state index in [2.05, 4.69) is 5.32 Å². The lowest BCUT2D eigenvalue weighted by atomic mass is 9.75. The molecule has 3 N–H and O–H groups in total. The summed E-state index contributed by atoms with van der Waals surface area (Å²) in [4.78, 5) is 18.5. The number of piperidine rings is 1. The number of rotatable bonds is 1. The predicted octanol–water partition coefficient (Wildman–Crippen LogP) is 1.29. The van der Waals surface area contributed by atoms with E-state index in [0.717, 1.165) is 32.2 Å². The summed E-state index contributed by atoms with van der Waals surface area (Å²) in [6.07, 6.45) is 5.58. The largest absolute Gasteiger partial charge is 0.342 e. The van der Waals surface area contributed by atoms with Crippen molar-refractivity contribution < 1.29 is 14.4 Å². The van der Waals surface area contributed by atoms with Gasteiger partial charge in [0.1, 0.15) is 5.78 Å². The van der Waals surface area contributed by atoms with Crippen molar-refractivity contribution in [3.05, 3.63) is 0 Å². The molecule has 5 heteroatoms. The Balaban J connectivity index is 2.13. The van der Waals surface area contributed by atoms with E-state index in [4.69, 9.17) is 0 Å². The fourth-order valence-electron chi connectivity index (χ4n) is 2.95. The highest BCUT2D eigenvalue weighted by atomic mass is 31.2. The summed E-state index contributed by atoms with van der Waals surface area (Å²) in [5.41, 5.74) is 0. The van der Waals surface area contributed by atoms with Crippen molar-refractivity contribution in [2.75, 3.05) is 6.54 Å². The summed E-state index contributed by atoms with van der Waals surface area (Å²) in [6, 6.07) is 0. The van der Waals surface area contributed by atoms with Gasteiger partial charge in [0.05, 0.1) is 0 Å². The molecule has 0 aromatic rings. The van der Waals surface area contributed by atoms with Crippen LogP contribution in [0.15, 0.2) is 0 Å². The highest BCUT2D eigenvalue weighted by molar-refractivity contribution is 7.52. The molecule has 0 radical (unpaired) electrons. The van der Waals surface area contributed by atoms with Crippen LogP contribution in [0.2, 0.25) is 0 Å². The normalized spacial score (nSPS) is 39.1. The maximum Gasteiger partial charge on any atom is 0.342 e. The monoisotopic (exact) mass is 219 g/mol. The smallest absolute Gasteiger partial charge is 0.323 e. The minimum Gasteiger partial charge on any atom is -0.323 e. The van der Waals surface area contributed by atoms with Crippen molar-refractivity contribution in [2.24, 2.45) is 11.8 Å². The third kappa shape index (κ3) is 2.03. The Morgan fingerprint density at radius 2 is 1.86 bits per heavy atom. The molecule has 2 rings (SSSR count). The molecular formula is C9H18NO3P. The van der Waals surface area contributed by atoms with Crippen LogP contribution in [-0.2, 0) is 4.57 Å². The van der Waals surface area contributed by atoms with Gasteiger partial charge < -0.3 is 15.1 Å². The summed E-state index contributed by atoms with van der Waals surface area (Å²) < 4.78 is 11.3. The van der Waals surface area contributed by atoms with Crippen LogP contribution in [0.5, 0.6) is 0 Å². The van der Waals surface area contributed by atoms with Crippen LogP contribution in [-0.4, -0.2) is 22.1 Å². The second-order valence-electron chi connectivity index (χ2n) is 4.49. The highest BCUT2D eigenvalue weighted by Crippen LogP contribution is 2.51. The maximum atomic E-state index is 11.3. The third-order valence-electron chi connectivity index (χ3n) is 3.60. The molecule has 1 saturated heterocycles. The fourth-order valence-corrected chi connectivity index (χ4v) is 4.21. The third-order valence-corrected chi connectivity index (χ3v) is 4.89. The molecule has 0 spiro atoms. The minimum absolute atomic E-state index is 0.207. The summed E-state index contributed by atoms with van der Waals surface area (Å²) in [7, 11) is -3.94. The van der Waals surface area contributed by atoms with E-state index < -0.39 is 13.4 Å². The van der Waals surface area contributed by atoms with E-state index in [1.165, 1.54) is 6.42 Å². The molecule has 0 aromatic heterocycles. The first-order valence-electron chi connectivity index (χ1n) is 5.37. The Hall–Kier alpha value is 0.110. The standard InChI is InChI=1S/C9H18NO3P/c11-14(12,13)9-8-4-2-1-3-7(8)5-6-10-9/h7-10H,1-6H2,(H2,11,12,13). The molecule has 3 unspecified atom stereocenters. The van der Waals surface area contributed by atoms with Crippen molar-refractivity contribution in [3.63, 3.8) is 0 Å². The van der Waals surface area contributed by atoms with Gasteiger partial charge in [-0.2, -0.15) is 0 Å². The maximum absolute atomic E-state index is 11.3. The van der Waals surface area contributed by atoms with Gasteiger partial charge in [-0.3, -0.25) is 4.57 Å². The van der Waals surface area contributed by atoms with Crippen molar-refractivity contribution in [1.29, 1.82) is 0 Å². The average Bonchev–Trinajstić information content (AvgIpc) is 2.15. The van der Waals surface area contributed by atoms with Crippen molar-refractivity contribution in [1.82, 2.24) is 5.32 Å². The van der Waals surface area contributed by atoms with Crippen LogP contribution in [0.4, 0.5) is 0 Å². The van der Waals surface area contributed by atoms with Crippen molar-refractivity contribution >= 4 is 7.60 Å². The molecule has 3 atom stereocenters. The molecule has 82 valence electrons. The van der Waals surface area contributed by atoms with Crippen molar-refractivity contribution in [2.45, 2.75) is 37.9 Å². The summed E-state index contributed by atoms with van der Waals surface area (Å²) in [5.74, 6) is 0.183. The molecule has 0 bridgehead atoms. The van der Waals surface area contributed by atoms with E-state index in [0.29, 0.717) is 5.92 Å². The van der Waals surface area contributed by atoms with Gasteiger partial charge >= 0.3 is 7.60 Å². The summed E-state index contributed by atoms with van der Waals surface area (Å²) >= 11 is 0. The molecule has 4 nitrogen and oxygen atoms in total. The van der Waals surface area contributed by atoms with Gasteiger partial charge in [-0.05, 0) is 31.2 Å².